The topological polar surface area (TPSA) is 38.7 Å². The van der Waals surface area contributed by atoms with Crippen molar-refractivity contribution >= 4 is 0 Å². The summed E-state index contributed by atoms with van der Waals surface area (Å²) in [6, 6.07) is 81.8. The zero-order valence-electron chi connectivity index (χ0n) is 52.2. The third-order valence-corrected chi connectivity index (χ3v) is 18.3. The van der Waals surface area contributed by atoms with Gasteiger partial charge in [0.15, 0.2) is 0 Å². The van der Waals surface area contributed by atoms with E-state index in [4.69, 9.17) is 15.0 Å². The molecule has 428 valence electrons. The summed E-state index contributed by atoms with van der Waals surface area (Å²) < 4.78 is 0. The Balaban J connectivity index is 0.955. The molecule has 0 saturated heterocycles. The van der Waals surface area contributed by atoms with Crippen molar-refractivity contribution in [1.29, 1.82) is 0 Å². The van der Waals surface area contributed by atoms with Crippen LogP contribution in [0.15, 0.2) is 237 Å². The van der Waals surface area contributed by atoms with Gasteiger partial charge >= 0.3 is 0 Å². The maximum atomic E-state index is 5.03. The van der Waals surface area contributed by atoms with Crippen LogP contribution in [-0.2, 0) is 16.2 Å². The lowest BCUT2D eigenvalue weighted by molar-refractivity contribution is 0.352. The molecule has 1 aliphatic carbocycles. The number of hydrogen-bond acceptors (Lipinski definition) is 3. The molecule has 2 unspecified atom stereocenters. The van der Waals surface area contributed by atoms with Crippen molar-refractivity contribution in [3.05, 3.63) is 281 Å². The van der Waals surface area contributed by atoms with Gasteiger partial charge in [-0.1, -0.05) is 256 Å². The van der Waals surface area contributed by atoms with Gasteiger partial charge in [-0.3, -0.25) is 15.0 Å². The van der Waals surface area contributed by atoms with Crippen LogP contribution in [0, 0.1) is 13.8 Å². The number of pyridine rings is 3. The van der Waals surface area contributed by atoms with Gasteiger partial charge in [-0.2, -0.15) is 0 Å². The largest absolute Gasteiger partial charge is 0.256 e. The van der Waals surface area contributed by atoms with E-state index in [1.54, 1.807) is 0 Å². The highest BCUT2D eigenvalue weighted by molar-refractivity contribution is 5.78. The number of nitrogens with zero attached hydrogens (tertiary/aromatic N) is 3. The summed E-state index contributed by atoms with van der Waals surface area (Å²) in [5.74, 6) is 0.801. The molecule has 11 aromatic rings. The molecule has 86 heavy (non-hydrogen) atoms. The van der Waals surface area contributed by atoms with Crippen LogP contribution in [-0.4, -0.2) is 15.0 Å². The first kappa shape index (κ1) is 57.6. The van der Waals surface area contributed by atoms with E-state index in [0.29, 0.717) is 0 Å². The predicted octanol–water partition coefficient (Wildman–Crippen LogP) is 22.6. The molecule has 3 aromatic heterocycles. The first-order valence-electron chi connectivity index (χ1n) is 31.0. The van der Waals surface area contributed by atoms with Crippen molar-refractivity contribution in [3.63, 3.8) is 0 Å². The van der Waals surface area contributed by atoms with Crippen LogP contribution in [0.2, 0.25) is 0 Å². The normalized spacial score (nSPS) is 15.6. The molecule has 0 spiro atoms. The molecule has 0 radical (unpaired) electrons. The van der Waals surface area contributed by atoms with E-state index < -0.39 is 0 Å². The number of hydrogen-bond donors (Lipinski definition) is 0. The highest BCUT2D eigenvalue weighted by Crippen LogP contribution is 2.53. The van der Waals surface area contributed by atoms with Crippen LogP contribution in [0.4, 0.5) is 0 Å². The number of aryl methyl sites for hydroxylation is 2. The van der Waals surface area contributed by atoms with Crippen LogP contribution in [0.5, 0.6) is 0 Å². The summed E-state index contributed by atoms with van der Waals surface area (Å²) in [5.41, 5.74) is 29.4. The Hall–Kier alpha value is -8.79. The molecular formula is C83H81N3. The maximum absolute atomic E-state index is 5.03. The average Bonchev–Trinajstić information content (AvgIpc) is 1.93. The molecule has 3 heterocycles. The van der Waals surface area contributed by atoms with Crippen LogP contribution >= 0.6 is 0 Å². The van der Waals surface area contributed by atoms with Gasteiger partial charge in [0.25, 0.3) is 0 Å². The van der Waals surface area contributed by atoms with E-state index in [0.717, 1.165) is 53.0 Å². The van der Waals surface area contributed by atoms with Gasteiger partial charge in [-0.15, -0.1) is 0 Å². The van der Waals surface area contributed by atoms with E-state index in [1.165, 1.54) is 100 Å². The summed E-state index contributed by atoms with van der Waals surface area (Å²) in [6.07, 6.45) is 9.12. The second-order valence-corrected chi connectivity index (χ2v) is 27.4. The van der Waals surface area contributed by atoms with Crippen LogP contribution in [0.3, 0.4) is 0 Å². The first-order chi connectivity index (χ1) is 41.3. The molecule has 0 aliphatic heterocycles. The molecular weight excluding hydrogens is 1040 g/mol. The van der Waals surface area contributed by atoms with Crippen LogP contribution < -0.4 is 0 Å². The Morgan fingerprint density at radius 2 is 0.605 bits per heavy atom. The van der Waals surface area contributed by atoms with Gasteiger partial charge in [-0.05, 0) is 180 Å². The monoisotopic (exact) mass is 1120 g/mol. The summed E-state index contributed by atoms with van der Waals surface area (Å²) >= 11 is 0. The Morgan fingerprint density at radius 3 is 1.00 bits per heavy atom. The standard InChI is InChI=1S/C83H81N3/c1-54-44-78(85-52-76(54)56-20-14-12-15-21-56)61-34-28-59(29-35-61)74-49-67(81(3,4)5)38-40-72(74)65-46-64(71-25-19-18-24-70(71)58-26-32-63(33-27-58)80-51-69(42-43-84-80)83(9,10)11)47-66(48-65)73-41-39-68(82(6,7)8)50-75(73)60-30-36-62(37-31-60)79-45-55(2)77(53-86-79)57-22-16-13-17-23-57/h12-45,49-53,64-66H,46-48H2,1-11H3. The second kappa shape index (κ2) is 23.6. The lowest BCUT2D eigenvalue weighted by atomic mass is 9.65. The average molecular weight is 1120 g/mol. The lowest BCUT2D eigenvalue weighted by Gasteiger charge is -2.39. The quantitative estimate of drug-likeness (QED) is 0.130. The molecule has 8 aromatic carbocycles. The molecule has 0 amide bonds. The van der Waals surface area contributed by atoms with Gasteiger partial charge in [0.2, 0.25) is 0 Å². The van der Waals surface area contributed by atoms with E-state index >= 15 is 0 Å². The van der Waals surface area contributed by atoms with Gasteiger partial charge < -0.3 is 0 Å². The Bertz CT molecular complexity index is 3990. The van der Waals surface area contributed by atoms with Crippen LogP contribution in [0.25, 0.3) is 89.4 Å². The Labute approximate surface area is 512 Å². The van der Waals surface area contributed by atoms with Gasteiger partial charge in [0.1, 0.15) is 0 Å². The fourth-order valence-electron chi connectivity index (χ4n) is 13.2. The molecule has 3 nitrogen and oxygen atoms in total. The maximum Gasteiger partial charge on any atom is 0.0705 e. The SMILES string of the molecule is Cc1cc(-c2ccc(-c3cc(C(C)(C)C)ccc3C3CC(c4ccccc4-c4ccc(-c5cc(C(C)(C)C)ccn5)cc4)CC(c4ccc(C(C)(C)C)cc4-c4ccc(-c5cc(C)c(-c6ccccc6)cn5)cc4)C3)cc2)ncc1-c1ccccc1. The molecule has 0 N–H and O–H groups in total. The third kappa shape index (κ3) is 12.2. The number of aromatic nitrogens is 3. The fraction of sp³-hybridized carbons (Fsp3) is 0.241. The summed E-state index contributed by atoms with van der Waals surface area (Å²) in [5, 5.41) is 0. The van der Waals surface area contributed by atoms with Crippen molar-refractivity contribution in [2.24, 2.45) is 0 Å². The van der Waals surface area contributed by atoms with E-state index in [1.807, 2.05) is 18.6 Å². The predicted molar refractivity (Wildman–Crippen MR) is 364 cm³/mol. The van der Waals surface area contributed by atoms with E-state index in [-0.39, 0.29) is 34.0 Å². The van der Waals surface area contributed by atoms with E-state index in [9.17, 15) is 0 Å². The minimum Gasteiger partial charge on any atom is -0.256 e. The molecule has 1 fully saturated rings. The molecule has 1 aliphatic rings. The smallest absolute Gasteiger partial charge is 0.0705 e. The highest BCUT2D eigenvalue weighted by atomic mass is 14.7. The van der Waals surface area contributed by atoms with E-state index in [2.05, 4.69) is 295 Å². The fourth-order valence-corrected chi connectivity index (χ4v) is 13.2. The zero-order chi connectivity index (χ0) is 59.9. The number of benzene rings is 8. The Morgan fingerprint density at radius 1 is 0.279 bits per heavy atom. The summed E-state index contributed by atoms with van der Waals surface area (Å²) in [4.78, 5) is 14.9. The van der Waals surface area contributed by atoms with Crippen molar-refractivity contribution in [2.75, 3.05) is 0 Å². The summed E-state index contributed by atoms with van der Waals surface area (Å²) in [6.45, 7) is 25.2. The first-order valence-corrected chi connectivity index (χ1v) is 31.0. The summed E-state index contributed by atoms with van der Waals surface area (Å²) in [7, 11) is 0. The minimum absolute atomic E-state index is 0.0352. The van der Waals surface area contributed by atoms with Crippen molar-refractivity contribution in [2.45, 2.75) is 129 Å². The molecule has 12 rings (SSSR count). The second-order valence-electron chi connectivity index (χ2n) is 27.4. The van der Waals surface area contributed by atoms with Gasteiger partial charge in [0.05, 0.1) is 17.1 Å². The Kier molecular flexibility index (Phi) is 15.8. The molecule has 3 heteroatoms. The third-order valence-electron chi connectivity index (χ3n) is 18.3. The van der Waals surface area contributed by atoms with Crippen molar-refractivity contribution < 1.29 is 0 Å². The zero-order valence-corrected chi connectivity index (χ0v) is 52.2. The highest BCUT2D eigenvalue weighted by Gasteiger charge is 2.36. The van der Waals surface area contributed by atoms with Gasteiger partial charge in [-0.25, -0.2) is 0 Å². The lowest BCUT2D eigenvalue weighted by Crippen LogP contribution is -2.22. The molecule has 0 bridgehead atoms. The van der Waals surface area contributed by atoms with Crippen LogP contribution in [0.1, 0.15) is 144 Å². The van der Waals surface area contributed by atoms with Crippen molar-refractivity contribution in [1.82, 2.24) is 15.0 Å². The minimum atomic E-state index is -0.0352. The van der Waals surface area contributed by atoms with Crippen molar-refractivity contribution in [3.8, 4) is 89.4 Å². The molecule has 1 saturated carbocycles. The number of rotatable bonds is 11. The van der Waals surface area contributed by atoms with Gasteiger partial charge in [0, 0.05) is 46.4 Å². The molecule has 2 atom stereocenters.